The summed E-state index contributed by atoms with van der Waals surface area (Å²) in [5, 5.41) is 1.72. The third kappa shape index (κ3) is 3.57. The molecule has 1 saturated carbocycles. The van der Waals surface area contributed by atoms with E-state index < -0.39 is 0 Å². The molecule has 0 aliphatic heterocycles. The third-order valence-corrected chi connectivity index (χ3v) is 6.17. The van der Waals surface area contributed by atoms with Crippen molar-refractivity contribution >= 4 is 11.8 Å². The lowest BCUT2D eigenvalue weighted by molar-refractivity contribution is 0.375. The van der Waals surface area contributed by atoms with Crippen LogP contribution in [0.5, 0.6) is 0 Å². The molecule has 0 aromatic carbocycles. The molecule has 0 unspecified atom stereocenters. The summed E-state index contributed by atoms with van der Waals surface area (Å²) in [6, 6.07) is 0. The first-order valence-corrected chi connectivity index (χ1v) is 9.47. The van der Waals surface area contributed by atoms with E-state index in [1.165, 1.54) is 49.8 Å². The van der Waals surface area contributed by atoms with Crippen molar-refractivity contribution < 1.29 is 0 Å². The van der Waals surface area contributed by atoms with Gasteiger partial charge in [0.05, 0.1) is 0 Å². The molecule has 1 aromatic rings. The van der Waals surface area contributed by atoms with Gasteiger partial charge in [0.2, 0.25) is 0 Å². The van der Waals surface area contributed by atoms with E-state index in [0.29, 0.717) is 5.25 Å². The molecule has 122 valence electrons. The molecule has 3 rings (SSSR count). The van der Waals surface area contributed by atoms with E-state index in [-0.39, 0.29) is 5.69 Å². The van der Waals surface area contributed by atoms with Gasteiger partial charge in [-0.25, -0.2) is 4.79 Å². The summed E-state index contributed by atoms with van der Waals surface area (Å²) in [6.45, 7) is 1.65. The van der Waals surface area contributed by atoms with E-state index in [2.05, 4.69) is 9.88 Å². The summed E-state index contributed by atoms with van der Waals surface area (Å²) >= 11 is 1.88. The first-order chi connectivity index (χ1) is 10.6. The maximum absolute atomic E-state index is 12.5. The van der Waals surface area contributed by atoms with E-state index in [1.807, 2.05) is 30.4 Å². The van der Waals surface area contributed by atoms with E-state index in [4.69, 9.17) is 0 Å². The molecular formula is C17H27N3OS. The van der Waals surface area contributed by atoms with Crippen molar-refractivity contribution in [3.05, 3.63) is 21.7 Å². The van der Waals surface area contributed by atoms with Crippen molar-refractivity contribution in [2.75, 3.05) is 20.6 Å². The molecule has 0 N–H and O–H groups in total. The van der Waals surface area contributed by atoms with Gasteiger partial charge in [-0.1, -0.05) is 19.3 Å². The lowest BCUT2D eigenvalue weighted by atomic mass is 10.0. The van der Waals surface area contributed by atoms with Crippen molar-refractivity contribution in [1.82, 2.24) is 14.5 Å². The molecule has 0 radical (unpaired) electrons. The van der Waals surface area contributed by atoms with Gasteiger partial charge >= 0.3 is 5.69 Å². The normalized spacial score (nSPS) is 18.9. The van der Waals surface area contributed by atoms with Crippen LogP contribution in [-0.4, -0.2) is 40.3 Å². The number of nitrogens with zero attached hydrogens (tertiary/aromatic N) is 3. The Bertz CT molecular complexity index is 576. The van der Waals surface area contributed by atoms with E-state index in [1.54, 1.807) is 0 Å². The van der Waals surface area contributed by atoms with Gasteiger partial charge in [-0.3, -0.25) is 4.57 Å². The van der Waals surface area contributed by atoms with Gasteiger partial charge in [0.25, 0.3) is 0 Å². The molecule has 1 aromatic heterocycles. The molecule has 4 nitrogen and oxygen atoms in total. The summed E-state index contributed by atoms with van der Waals surface area (Å²) < 4.78 is 1.92. The van der Waals surface area contributed by atoms with Crippen molar-refractivity contribution in [2.45, 2.75) is 68.2 Å². The van der Waals surface area contributed by atoms with Gasteiger partial charge in [-0.15, -0.1) is 11.8 Å². The zero-order valence-electron chi connectivity index (χ0n) is 13.8. The van der Waals surface area contributed by atoms with Gasteiger partial charge in [-0.2, -0.15) is 4.98 Å². The summed E-state index contributed by atoms with van der Waals surface area (Å²) in [4.78, 5) is 19.1. The maximum atomic E-state index is 12.5. The minimum Gasteiger partial charge on any atom is -0.308 e. The Balaban J connectivity index is 1.84. The fourth-order valence-electron chi connectivity index (χ4n) is 3.56. The predicted octanol–water partition coefficient (Wildman–Crippen LogP) is 2.72. The molecule has 0 spiro atoms. The number of thioether (sulfide) groups is 1. The summed E-state index contributed by atoms with van der Waals surface area (Å²) in [6.07, 6.45) is 9.91. The first kappa shape index (κ1) is 16.1. The van der Waals surface area contributed by atoms with Crippen LogP contribution >= 0.6 is 11.8 Å². The molecular weight excluding hydrogens is 294 g/mol. The topological polar surface area (TPSA) is 38.1 Å². The Hall–Kier alpha value is -0.810. The van der Waals surface area contributed by atoms with Gasteiger partial charge in [0, 0.05) is 29.6 Å². The molecule has 2 aliphatic carbocycles. The van der Waals surface area contributed by atoms with Gasteiger partial charge in [-0.05, 0) is 46.2 Å². The predicted molar refractivity (Wildman–Crippen MR) is 91.8 cm³/mol. The number of hydrogen-bond donors (Lipinski definition) is 0. The molecule has 0 atom stereocenters. The number of fused-ring (bicyclic) bond motifs is 1. The van der Waals surface area contributed by atoms with Crippen LogP contribution in [0.2, 0.25) is 0 Å². The minimum absolute atomic E-state index is 0.0409. The highest BCUT2D eigenvalue weighted by Crippen LogP contribution is 2.36. The van der Waals surface area contributed by atoms with Crippen molar-refractivity contribution in [2.24, 2.45) is 0 Å². The third-order valence-electron chi connectivity index (χ3n) is 4.80. The van der Waals surface area contributed by atoms with E-state index >= 15 is 0 Å². The molecule has 0 saturated heterocycles. The van der Waals surface area contributed by atoms with Crippen LogP contribution in [0.3, 0.4) is 0 Å². The molecule has 5 heteroatoms. The molecule has 2 aliphatic rings. The Morgan fingerprint density at radius 1 is 1.18 bits per heavy atom. The lowest BCUT2D eigenvalue weighted by Gasteiger charge is -2.22. The number of hydrogen-bond acceptors (Lipinski definition) is 4. The fourth-order valence-corrected chi connectivity index (χ4v) is 4.93. The second-order valence-electron chi connectivity index (χ2n) is 6.81. The van der Waals surface area contributed by atoms with E-state index in [0.717, 1.165) is 31.0 Å². The Labute approximate surface area is 137 Å². The Kier molecular flexibility index (Phi) is 5.24. The molecule has 22 heavy (non-hydrogen) atoms. The van der Waals surface area contributed by atoms with Crippen LogP contribution in [0.15, 0.2) is 9.82 Å². The standard InChI is InChI=1S/C17H27N3OS/c1-19(2)11-12-20-15-10-6-9-14(15)16(18-17(20)21)22-13-7-4-3-5-8-13/h13H,3-12H2,1-2H3. The van der Waals surface area contributed by atoms with Gasteiger partial charge < -0.3 is 4.90 Å². The van der Waals surface area contributed by atoms with Crippen molar-refractivity contribution in [1.29, 1.82) is 0 Å². The van der Waals surface area contributed by atoms with E-state index in [9.17, 15) is 4.79 Å². The quantitative estimate of drug-likeness (QED) is 0.782. The lowest BCUT2D eigenvalue weighted by Crippen LogP contribution is -2.31. The highest BCUT2D eigenvalue weighted by atomic mass is 32.2. The van der Waals surface area contributed by atoms with Crippen LogP contribution in [-0.2, 0) is 19.4 Å². The minimum atomic E-state index is -0.0409. The number of aromatic nitrogens is 2. The summed E-state index contributed by atoms with van der Waals surface area (Å²) in [7, 11) is 4.10. The highest BCUT2D eigenvalue weighted by Gasteiger charge is 2.24. The average Bonchev–Trinajstić information content (AvgIpc) is 2.97. The zero-order valence-corrected chi connectivity index (χ0v) is 14.6. The monoisotopic (exact) mass is 321 g/mol. The fraction of sp³-hybridized carbons (Fsp3) is 0.765. The van der Waals surface area contributed by atoms with Crippen LogP contribution in [0.25, 0.3) is 0 Å². The van der Waals surface area contributed by atoms with Crippen LogP contribution < -0.4 is 5.69 Å². The smallest absolute Gasteiger partial charge is 0.308 e. The number of likely N-dealkylation sites (N-methyl/N-ethyl adjacent to an activating group) is 1. The summed E-state index contributed by atoms with van der Waals surface area (Å²) in [5.74, 6) is 0. The largest absolute Gasteiger partial charge is 0.348 e. The Morgan fingerprint density at radius 2 is 1.95 bits per heavy atom. The maximum Gasteiger partial charge on any atom is 0.348 e. The van der Waals surface area contributed by atoms with Crippen molar-refractivity contribution in [3.8, 4) is 0 Å². The molecule has 1 fully saturated rings. The van der Waals surface area contributed by atoms with Crippen molar-refractivity contribution in [3.63, 3.8) is 0 Å². The van der Waals surface area contributed by atoms with Gasteiger partial charge in [0.15, 0.2) is 0 Å². The summed E-state index contributed by atoms with van der Waals surface area (Å²) in [5.41, 5.74) is 2.59. The number of rotatable bonds is 5. The van der Waals surface area contributed by atoms with Crippen LogP contribution in [0.1, 0.15) is 49.8 Å². The Morgan fingerprint density at radius 3 is 2.68 bits per heavy atom. The zero-order chi connectivity index (χ0) is 15.5. The average molecular weight is 321 g/mol. The second kappa shape index (κ2) is 7.18. The van der Waals surface area contributed by atoms with Gasteiger partial charge in [0.1, 0.15) is 5.03 Å². The SMILES string of the molecule is CN(C)CCn1c2c(c(SC3CCCCC3)nc1=O)CCC2. The van der Waals surface area contributed by atoms with Crippen LogP contribution in [0, 0.1) is 0 Å². The van der Waals surface area contributed by atoms with Crippen LogP contribution in [0.4, 0.5) is 0 Å². The molecule has 0 bridgehead atoms. The second-order valence-corrected chi connectivity index (χ2v) is 8.10. The molecule has 0 amide bonds. The first-order valence-electron chi connectivity index (χ1n) is 8.59. The molecule has 1 heterocycles. The highest BCUT2D eigenvalue weighted by molar-refractivity contribution is 7.99.